The first-order valence-electron chi connectivity index (χ1n) is 7.82. The lowest BCUT2D eigenvalue weighted by molar-refractivity contribution is -0.149. The Kier molecular flexibility index (Phi) is 5.58. The van der Waals surface area contributed by atoms with Crippen molar-refractivity contribution < 1.29 is 27.5 Å². The van der Waals surface area contributed by atoms with Gasteiger partial charge in [-0.05, 0) is 20.3 Å². The van der Waals surface area contributed by atoms with E-state index in [0.29, 0.717) is 13.0 Å². The number of sulfone groups is 1. The maximum Gasteiger partial charge on any atom is 0.355 e. The van der Waals surface area contributed by atoms with Crippen molar-refractivity contribution in [2.75, 3.05) is 18.1 Å². The average molecular weight is 359 g/mol. The fourth-order valence-electron chi connectivity index (χ4n) is 2.57. The Labute approximate surface area is 140 Å². The van der Waals surface area contributed by atoms with E-state index in [1.165, 1.54) is 6.92 Å². The van der Waals surface area contributed by atoms with Gasteiger partial charge in [-0.1, -0.05) is 0 Å². The van der Waals surface area contributed by atoms with Gasteiger partial charge in [0.1, 0.15) is 5.71 Å². The van der Waals surface area contributed by atoms with E-state index in [9.17, 15) is 22.8 Å². The molecule has 0 unspecified atom stereocenters. The maximum absolute atomic E-state index is 12.1. The lowest BCUT2D eigenvalue weighted by Crippen LogP contribution is -2.43. The Morgan fingerprint density at radius 1 is 1.42 bits per heavy atom. The fraction of sp³-hybridized carbons (Fsp3) is 0.714. The lowest BCUT2D eigenvalue weighted by atomic mass is 10.1. The molecule has 1 N–H and O–H groups in total. The second kappa shape index (κ2) is 7.29. The summed E-state index contributed by atoms with van der Waals surface area (Å²) in [6.07, 6.45) is -0.511. The highest BCUT2D eigenvalue weighted by molar-refractivity contribution is 7.91. The number of likely N-dealkylation sites (N-methyl/N-ethyl adjacent to an activating group) is 1. The molecule has 134 valence electrons. The van der Waals surface area contributed by atoms with Crippen LogP contribution in [0.1, 0.15) is 33.1 Å². The van der Waals surface area contributed by atoms with Crippen molar-refractivity contribution in [2.45, 2.75) is 45.3 Å². The number of nitrogens with zero attached hydrogens (tertiary/aromatic N) is 2. The van der Waals surface area contributed by atoms with E-state index >= 15 is 0 Å². The van der Waals surface area contributed by atoms with Gasteiger partial charge >= 0.3 is 5.97 Å². The van der Waals surface area contributed by atoms with Crippen LogP contribution in [0.2, 0.25) is 0 Å². The minimum Gasteiger partial charge on any atom is -0.448 e. The molecule has 0 aromatic carbocycles. The van der Waals surface area contributed by atoms with Crippen LogP contribution >= 0.6 is 0 Å². The highest BCUT2D eigenvalue weighted by Crippen LogP contribution is 2.22. The molecule has 0 bridgehead atoms. The highest BCUT2D eigenvalue weighted by atomic mass is 32.2. The van der Waals surface area contributed by atoms with Gasteiger partial charge in [-0.3, -0.25) is 9.59 Å². The molecule has 0 spiro atoms. The summed E-state index contributed by atoms with van der Waals surface area (Å²) in [5.74, 6) is -1.65. The van der Waals surface area contributed by atoms with Crippen LogP contribution in [0.3, 0.4) is 0 Å². The van der Waals surface area contributed by atoms with Crippen molar-refractivity contribution in [3.8, 4) is 0 Å². The maximum atomic E-state index is 12.1. The van der Waals surface area contributed by atoms with Crippen LogP contribution in [0.25, 0.3) is 0 Å². The zero-order valence-electron chi connectivity index (χ0n) is 13.6. The number of carbonyl (C=O) groups excluding carboxylic acids is 3. The van der Waals surface area contributed by atoms with E-state index < -0.39 is 33.9 Å². The fourth-order valence-corrected chi connectivity index (χ4v) is 4.26. The molecule has 0 aliphatic carbocycles. The zero-order chi connectivity index (χ0) is 17.9. The van der Waals surface area contributed by atoms with Crippen molar-refractivity contribution in [3.05, 3.63) is 0 Å². The van der Waals surface area contributed by atoms with Gasteiger partial charge in [0, 0.05) is 19.4 Å². The molecule has 0 aromatic heterocycles. The number of hydrogen-bond acceptors (Lipinski definition) is 7. The molecule has 0 aromatic rings. The molecule has 9 nitrogen and oxygen atoms in total. The van der Waals surface area contributed by atoms with Gasteiger partial charge in [0.2, 0.25) is 5.91 Å². The smallest absolute Gasteiger partial charge is 0.355 e. The predicted molar refractivity (Wildman–Crippen MR) is 84.8 cm³/mol. The van der Waals surface area contributed by atoms with Crippen molar-refractivity contribution in [1.82, 2.24) is 10.3 Å². The summed E-state index contributed by atoms with van der Waals surface area (Å²) < 4.78 is 28.2. The first-order chi connectivity index (χ1) is 11.2. The lowest BCUT2D eigenvalue weighted by Gasteiger charge is -2.27. The number of esters is 1. The van der Waals surface area contributed by atoms with Crippen LogP contribution in [0.5, 0.6) is 0 Å². The Hall–Kier alpha value is -1.97. The standard InChI is InChI=1S/C14H21N3O6S/c1-3-15-13(19)9(2)23-14(20)11-4-5-12(18)17(16-11)10-6-7-24(21,22)8-10/h9-10H,3-8H2,1-2H3,(H,15,19)/t9-,10-/m0/s1. The molecular weight excluding hydrogens is 338 g/mol. The molecule has 2 heterocycles. The molecule has 2 aliphatic heterocycles. The molecule has 2 amide bonds. The number of hydrogen-bond donors (Lipinski definition) is 1. The van der Waals surface area contributed by atoms with Gasteiger partial charge in [-0.2, -0.15) is 5.10 Å². The number of ether oxygens (including phenoxy) is 1. The van der Waals surface area contributed by atoms with E-state index in [1.54, 1.807) is 6.92 Å². The molecule has 2 aliphatic rings. The van der Waals surface area contributed by atoms with Crippen LogP contribution in [-0.2, 0) is 29.0 Å². The first-order valence-corrected chi connectivity index (χ1v) is 9.64. The second-order valence-corrected chi connectivity index (χ2v) is 8.01. The molecule has 2 rings (SSSR count). The first kappa shape index (κ1) is 18.4. The highest BCUT2D eigenvalue weighted by Gasteiger charge is 2.37. The Morgan fingerprint density at radius 3 is 2.71 bits per heavy atom. The van der Waals surface area contributed by atoms with Gasteiger partial charge in [-0.25, -0.2) is 18.2 Å². The topological polar surface area (TPSA) is 122 Å². The van der Waals surface area contributed by atoms with E-state index in [1.807, 2.05) is 0 Å². The minimum absolute atomic E-state index is 0.00493. The second-order valence-electron chi connectivity index (χ2n) is 5.78. The van der Waals surface area contributed by atoms with Gasteiger partial charge in [0.25, 0.3) is 5.91 Å². The summed E-state index contributed by atoms with van der Waals surface area (Å²) >= 11 is 0. The van der Waals surface area contributed by atoms with Crippen LogP contribution < -0.4 is 5.32 Å². The SMILES string of the molecule is CCNC(=O)[C@H](C)OC(=O)C1=NN([C@H]2CCS(=O)(=O)C2)C(=O)CC1. The molecule has 2 atom stereocenters. The third-order valence-electron chi connectivity index (χ3n) is 3.85. The zero-order valence-corrected chi connectivity index (χ0v) is 14.5. The summed E-state index contributed by atoms with van der Waals surface area (Å²) in [5, 5.41) is 7.62. The number of hydrazone groups is 1. The summed E-state index contributed by atoms with van der Waals surface area (Å²) in [7, 11) is -3.17. The third kappa shape index (κ3) is 4.31. The minimum atomic E-state index is -3.17. The predicted octanol–water partition coefficient (Wildman–Crippen LogP) is -0.780. The molecule has 10 heteroatoms. The number of nitrogens with one attached hydrogen (secondary N) is 1. The van der Waals surface area contributed by atoms with Gasteiger partial charge in [0.05, 0.1) is 17.5 Å². The number of carbonyl (C=O) groups is 3. The quantitative estimate of drug-likeness (QED) is 0.643. The molecule has 0 radical (unpaired) electrons. The summed E-state index contributed by atoms with van der Waals surface area (Å²) in [4.78, 5) is 35.7. The van der Waals surface area contributed by atoms with Gasteiger partial charge < -0.3 is 10.1 Å². The summed E-state index contributed by atoms with van der Waals surface area (Å²) in [5.41, 5.74) is 0.0232. The van der Waals surface area contributed by atoms with E-state index in [4.69, 9.17) is 4.74 Å². The third-order valence-corrected chi connectivity index (χ3v) is 5.60. The summed E-state index contributed by atoms with van der Waals surface area (Å²) in [6, 6.07) is -0.550. The van der Waals surface area contributed by atoms with Crippen molar-refractivity contribution >= 4 is 33.3 Å². The Morgan fingerprint density at radius 2 is 2.12 bits per heavy atom. The van der Waals surface area contributed by atoms with Crippen LogP contribution in [0, 0.1) is 0 Å². The van der Waals surface area contributed by atoms with E-state index in [0.717, 1.165) is 5.01 Å². The summed E-state index contributed by atoms with van der Waals surface area (Å²) in [6.45, 7) is 3.61. The van der Waals surface area contributed by atoms with E-state index in [-0.39, 0.29) is 36.0 Å². The molecule has 1 fully saturated rings. The molecule has 1 saturated heterocycles. The Balaban J connectivity index is 2.07. The Bertz CT molecular complexity index is 672. The van der Waals surface area contributed by atoms with E-state index in [2.05, 4.69) is 10.4 Å². The number of amides is 2. The van der Waals surface area contributed by atoms with Gasteiger partial charge in [-0.15, -0.1) is 0 Å². The van der Waals surface area contributed by atoms with Crippen molar-refractivity contribution in [1.29, 1.82) is 0 Å². The van der Waals surface area contributed by atoms with Gasteiger partial charge in [0.15, 0.2) is 15.9 Å². The largest absolute Gasteiger partial charge is 0.448 e. The van der Waals surface area contributed by atoms with Crippen LogP contribution in [0.15, 0.2) is 5.10 Å². The number of rotatable bonds is 5. The van der Waals surface area contributed by atoms with Crippen LogP contribution in [-0.4, -0.2) is 67.1 Å². The van der Waals surface area contributed by atoms with Crippen molar-refractivity contribution in [3.63, 3.8) is 0 Å². The average Bonchev–Trinajstić information content (AvgIpc) is 2.87. The molecule has 24 heavy (non-hydrogen) atoms. The molecule has 0 saturated carbocycles. The normalized spacial score (nSPS) is 24.2. The molecular formula is C14H21N3O6S. The monoisotopic (exact) mass is 359 g/mol. The van der Waals surface area contributed by atoms with Crippen molar-refractivity contribution in [2.24, 2.45) is 5.10 Å². The van der Waals surface area contributed by atoms with Crippen LogP contribution in [0.4, 0.5) is 0 Å².